The van der Waals surface area contributed by atoms with Gasteiger partial charge in [0.05, 0.1) is 11.8 Å². The number of hydrogen-bond acceptors (Lipinski definition) is 6. The Morgan fingerprint density at radius 1 is 1.17 bits per heavy atom. The van der Waals surface area contributed by atoms with Crippen LogP contribution in [0.3, 0.4) is 0 Å². The van der Waals surface area contributed by atoms with Crippen LogP contribution in [0.25, 0.3) is 0 Å². The third kappa shape index (κ3) is 5.38. The number of likely N-dealkylation sites (tertiary alicyclic amines) is 1. The number of carbonyl (C=O) groups excluding carboxylic acids is 1. The van der Waals surface area contributed by atoms with Crippen LogP contribution in [-0.4, -0.2) is 76.6 Å². The van der Waals surface area contributed by atoms with Gasteiger partial charge in [-0.3, -0.25) is 4.79 Å². The van der Waals surface area contributed by atoms with Gasteiger partial charge in [0.25, 0.3) is 5.91 Å². The number of carboxylic acid groups (broad SMARTS) is 1. The molecule has 4 heterocycles. The highest BCUT2D eigenvalue weighted by Gasteiger charge is 2.43. The smallest absolute Gasteiger partial charge is 0.475 e. The zero-order chi connectivity index (χ0) is 21.9. The van der Waals surface area contributed by atoms with E-state index in [2.05, 4.69) is 15.1 Å². The molecule has 1 aromatic heterocycles. The van der Waals surface area contributed by atoms with Crippen molar-refractivity contribution in [3.63, 3.8) is 0 Å². The topological polar surface area (TPSA) is 95.9 Å². The van der Waals surface area contributed by atoms with Crippen LogP contribution in [0, 0.1) is 12.8 Å². The van der Waals surface area contributed by atoms with Crippen LogP contribution in [-0.2, 0) is 14.3 Å². The van der Waals surface area contributed by atoms with E-state index in [0.717, 1.165) is 63.4 Å². The van der Waals surface area contributed by atoms with Crippen molar-refractivity contribution in [2.24, 2.45) is 5.92 Å². The van der Waals surface area contributed by atoms with Gasteiger partial charge in [-0.05, 0) is 50.7 Å². The molecular weight excluding hydrogens is 405 g/mol. The fraction of sp³-hybridized carbons (Fsp3) is 0.684. The molecule has 0 bridgehead atoms. The van der Waals surface area contributed by atoms with Crippen molar-refractivity contribution in [2.45, 2.75) is 51.0 Å². The minimum absolute atomic E-state index is 0.142. The Morgan fingerprint density at radius 2 is 1.83 bits per heavy atom. The van der Waals surface area contributed by atoms with Crippen LogP contribution >= 0.6 is 0 Å². The van der Waals surface area contributed by atoms with Gasteiger partial charge in [-0.2, -0.15) is 18.3 Å². The molecule has 0 radical (unpaired) electrons. The lowest BCUT2D eigenvalue weighted by Crippen LogP contribution is -2.43. The van der Waals surface area contributed by atoms with Crippen molar-refractivity contribution in [3.8, 4) is 0 Å². The van der Waals surface area contributed by atoms with E-state index in [-0.39, 0.29) is 18.1 Å². The van der Waals surface area contributed by atoms with Crippen LogP contribution in [0.4, 0.5) is 19.0 Å². The molecule has 0 spiro atoms. The Balaban J connectivity index is 0.000000318. The van der Waals surface area contributed by atoms with Gasteiger partial charge >= 0.3 is 12.1 Å². The summed E-state index contributed by atoms with van der Waals surface area (Å²) in [6.07, 6.45) is -0.969. The number of amides is 1. The number of aliphatic carboxylic acids is 1. The van der Waals surface area contributed by atoms with E-state index in [1.165, 1.54) is 0 Å². The maximum Gasteiger partial charge on any atom is 0.490 e. The highest BCUT2D eigenvalue weighted by Crippen LogP contribution is 2.35. The number of ether oxygens (including phenoxy) is 1. The molecule has 11 heteroatoms. The van der Waals surface area contributed by atoms with E-state index in [9.17, 15) is 18.0 Å². The van der Waals surface area contributed by atoms with Gasteiger partial charge < -0.3 is 19.6 Å². The Labute approximate surface area is 172 Å². The lowest BCUT2D eigenvalue weighted by atomic mass is 9.91. The lowest BCUT2D eigenvalue weighted by molar-refractivity contribution is -0.192. The molecule has 0 unspecified atom stereocenters. The summed E-state index contributed by atoms with van der Waals surface area (Å²) in [7, 11) is 0. The molecule has 166 valence electrons. The van der Waals surface area contributed by atoms with Gasteiger partial charge in [0.15, 0.2) is 5.82 Å². The van der Waals surface area contributed by atoms with Gasteiger partial charge in [0.2, 0.25) is 0 Å². The molecule has 3 atom stereocenters. The number of alkyl halides is 3. The first kappa shape index (κ1) is 22.3. The molecule has 1 N–H and O–H groups in total. The van der Waals surface area contributed by atoms with Crippen molar-refractivity contribution >= 4 is 17.7 Å². The normalized spacial score (nSPS) is 26.1. The molecule has 4 rings (SSSR count). The minimum Gasteiger partial charge on any atom is -0.475 e. The van der Waals surface area contributed by atoms with Crippen LogP contribution in [0.1, 0.15) is 31.4 Å². The second kappa shape index (κ2) is 9.15. The molecule has 8 nitrogen and oxygen atoms in total. The van der Waals surface area contributed by atoms with Crippen molar-refractivity contribution in [1.29, 1.82) is 0 Å². The van der Waals surface area contributed by atoms with E-state index < -0.39 is 12.1 Å². The molecular formula is C19H25F3N4O4. The quantitative estimate of drug-likeness (QED) is 0.767. The van der Waals surface area contributed by atoms with Gasteiger partial charge in [0, 0.05) is 26.2 Å². The predicted octanol–water partition coefficient (Wildman–Crippen LogP) is 2.02. The second-order valence-corrected chi connectivity index (χ2v) is 7.76. The highest BCUT2D eigenvalue weighted by atomic mass is 19.4. The summed E-state index contributed by atoms with van der Waals surface area (Å²) >= 11 is 0. The van der Waals surface area contributed by atoms with Gasteiger partial charge in [0.1, 0.15) is 6.10 Å². The first-order chi connectivity index (χ1) is 14.1. The Hall–Kier alpha value is -2.43. The third-order valence-electron chi connectivity index (χ3n) is 5.60. The summed E-state index contributed by atoms with van der Waals surface area (Å²) in [6.45, 7) is 5.52. The average Bonchev–Trinajstić information content (AvgIpc) is 3.37. The Kier molecular flexibility index (Phi) is 6.79. The molecule has 3 saturated heterocycles. The fourth-order valence-electron chi connectivity index (χ4n) is 4.00. The van der Waals surface area contributed by atoms with E-state index in [1.807, 2.05) is 24.0 Å². The number of nitrogens with zero attached hydrogens (tertiary/aromatic N) is 4. The van der Waals surface area contributed by atoms with Gasteiger partial charge in [-0.1, -0.05) is 0 Å². The second-order valence-electron chi connectivity index (χ2n) is 7.76. The number of piperidine rings is 1. The van der Waals surface area contributed by atoms with Crippen molar-refractivity contribution in [1.82, 2.24) is 15.1 Å². The number of carboxylic acids is 1. The molecule has 3 fully saturated rings. The maximum atomic E-state index is 12.5. The summed E-state index contributed by atoms with van der Waals surface area (Å²) in [6, 6.07) is 4.01. The van der Waals surface area contributed by atoms with E-state index >= 15 is 0 Å². The summed E-state index contributed by atoms with van der Waals surface area (Å²) in [5.41, 5.74) is 0.928. The molecule has 0 aromatic carbocycles. The monoisotopic (exact) mass is 430 g/mol. The average molecular weight is 430 g/mol. The standard InChI is InChI=1S/C17H24N4O2.C2HF3O2/c1-12-4-5-16(19-18-12)21-9-6-13-10-14(23-15(13)11-21)17(22)20-7-2-3-8-20;3-2(4,5)1(6)7/h4-5,13-15H,2-3,6-11H2,1H3;(H,6,7)/t13-,14-,15-;/m0./s1. The zero-order valence-electron chi connectivity index (χ0n) is 16.6. The predicted molar refractivity (Wildman–Crippen MR) is 99.9 cm³/mol. The van der Waals surface area contributed by atoms with Crippen molar-refractivity contribution in [2.75, 3.05) is 31.1 Å². The Morgan fingerprint density at radius 3 is 2.40 bits per heavy atom. The number of aromatic nitrogens is 2. The number of carbonyl (C=O) groups is 2. The van der Waals surface area contributed by atoms with E-state index in [4.69, 9.17) is 14.6 Å². The summed E-state index contributed by atoms with van der Waals surface area (Å²) in [5.74, 6) is -1.14. The molecule has 1 aromatic rings. The largest absolute Gasteiger partial charge is 0.490 e. The fourth-order valence-corrected chi connectivity index (χ4v) is 4.00. The highest BCUT2D eigenvalue weighted by molar-refractivity contribution is 5.81. The molecule has 1 amide bonds. The van der Waals surface area contributed by atoms with Crippen LogP contribution < -0.4 is 4.90 Å². The minimum atomic E-state index is -5.08. The van der Waals surface area contributed by atoms with E-state index in [1.54, 1.807) is 0 Å². The van der Waals surface area contributed by atoms with Gasteiger partial charge in [-0.15, -0.1) is 5.10 Å². The molecule has 3 aliphatic heterocycles. The van der Waals surface area contributed by atoms with Crippen LogP contribution in [0.15, 0.2) is 12.1 Å². The first-order valence-corrected chi connectivity index (χ1v) is 9.95. The van der Waals surface area contributed by atoms with Crippen molar-refractivity contribution in [3.05, 3.63) is 17.8 Å². The number of hydrogen-bond donors (Lipinski definition) is 1. The summed E-state index contributed by atoms with van der Waals surface area (Å²) in [5, 5.41) is 15.5. The Bertz CT molecular complexity index is 753. The maximum absolute atomic E-state index is 12.5. The number of fused-ring (bicyclic) bond motifs is 1. The van der Waals surface area contributed by atoms with Crippen molar-refractivity contribution < 1.29 is 32.6 Å². The first-order valence-electron chi connectivity index (χ1n) is 9.95. The van der Waals surface area contributed by atoms with Crippen LogP contribution in [0.2, 0.25) is 0 Å². The molecule has 0 aliphatic carbocycles. The molecule has 30 heavy (non-hydrogen) atoms. The summed E-state index contributed by atoms with van der Waals surface area (Å²) in [4.78, 5) is 25.7. The third-order valence-corrected chi connectivity index (χ3v) is 5.60. The zero-order valence-corrected chi connectivity index (χ0v) is 16.6. The molecule has 3 aliphatic rings. The number of rotatable bonds is 2. The van der Waals surface area contributed by atoms with Crippen LogP contribution in [0.5, 0.6) is 0 Å². The lowest BCUT2D eigenvalue weighted by Gasteiger charge is -2.34. The molecule has 0 saturated carbocycles. The SMILES string of the molecule is Cc1ccc(N2CC[C@H]3C[C@@H](C(=O)N4CCCC4)O[C@H]3C2)nn1.O=C(O)C(F)(F)F. The number of aryl methyl sites for hydroxylation is 1. The van der Waals surface area contributed by atoms with Gasteiger partial charge in [-0.25, -0.2) is 4.79 Å². The number of anilines is 1. The van der Waals surface area contributed by atoms with E-state index in [0.29, 0.717) is 5.92 Å². The summed E-state index contributed by atoms with van der Waals surface area (Å²) < 4.78 is 37.9. The number of halogens is 3.